The number of nitrogens with zero attached hydrogens (tertiary/aromatic N) is 3. The highest BCUT2D eigenvalue weighted by molar-refractivity contribution is 6.39. The lowest BCUT2D eigenvalue weighted by molar-refractivity contribution is -0.142. The lowest BCUT2D eigenvalue weighted by Crippen LogP contribution is -2.39. The zero-order chi connectivity index (χ0) is 17.6. The summed E-state index contributed by atoms with van der Waals surface area (Å²) in [5.41, 5.74) is 1.02. The second kappa shape index (κ2) is 7.83. The molecule has 0 bridgehead atoms. The van der Waals surface area contributed by atoms with Crippen molar-refractivity contribution in [3.63, 3.8) is 0 Å². The van der Waals surface area contributed by atoms with E-state index in [-0.39, 0.29) is 6.04 Å². The summed E-state index contributed by atoms with van der Waals surface area (Å²) in [6, 6.07) is 11.7. The van der Waals surface area contributed by atoms with Gasteiger partial charge in [0.2, 0.25) is 0 Å². The van der Waals surface area contributed by atoms with E-state index in [1.807, 2.05) is 37.3 Å². The summed E-state index contributed by atoms with van der Waals surface area (Å²) in [4.78, 5) is 26.2. The molecule has 2 amide bonds. The van der Waals surface area contributed by atoms with E-state index in [2.05, 4.69) is 15.7 Å². The Balaban J connectivity index is 1.54. The fourth-order valence-electron chi connectivity index (χ4n) is 2.97. The standard InChI is InChI=1S/C18H23N5O2/c1-2-11-23-16(8-10-19-23)21-17(24)18(25)22-12-9-15(13-22)20-14-6-4-3-5-7-14/h3-8,10,15,20H,2,9,11-13H2,1H3,(H,21,24). The van der Waals surface area contributed by atoms with E-state index in [9.17, 15) is 9.59 Å². The summed E-state index contributed by atoms with van der Waals surface area (Å²) < 4.78 is 1.69. The number of aromatic nitrogens is 2. The number of hydrogen-bond donors (Lipinski definition) is 2. The van der Waals surface area contributed by atoms with E-state index in [4.69, 9.17) is 0 Å². The molecule has 1 aromatic heterocycles. The summed E-state index contributed by atoms with van der Waals surface area (Å²) >= 11 is 0. The number of hydrogen-bond acceptors (Lipinski definition) is 4. The molecule has 1 aromatic carbocycles. The third-order valence-corrected chi connectivity index (χ3v) is 4.21. The second-order valence-electron chi connectivity index (χ2n) is 6.14. The highest BCUT2D eigenvalue weighted by Gasteiger charge is 2.30. The van der Waals surface area contributed by atoms with Crippen LogP contribution in [0, 0.1) is 0 Å². The number of aryl methyl sites for hydroxylation is 1. The minimum absolute atomic E-state index is 0.157. The van der Waals surface area contributed by atoms with Crippen molar-refractivity contribution in [3.8, 4) is 0 Å². The third-order valence-electron chi connectivity index (χ3n) is 4.21. The molecule has 2 heterocycles. The van der Waals surface area contributed by atoms with E-state index in [1.165, 1.54) is 0 Å². The summed E-state index contributed by atoms with van der Waals surface area (Å²) in [6.45, 7) is 3.83. The predicted octanol–water partition coefficient (Wildman–Crippen LogP) is 1.94. The first-order chi connectivity index (χ1) is 12.2. The molecule has 1 atom stereocenters. The Morgan fingerprint density at radius 1 is 1.24 bits per heavy atom. The molecular formula is C18H23N5O2. The van der Waals surface area contributed by atoms with Crippen molar-refractivity contribution in [3.05, 3.63) is 42.6 Å². The molecule has 2 aromatic rings. The van der Waals surface area contributed by atoms with Gasteiger partial charge >= 0.3 is 11.8 Å². The average molecular weight is 341 g/mol. The smallest absolute Gasteiger partial charge is 0.315 e. The van der Waals surface area contributed by atoms with Gasteiger partial charge in [0.1, 0.15) is 5.82 Å². The zero-order valence-electron chi connectivity index (χ0n) is 14.3. The first kappa shape index (κ1) is 17.0. The average Bonchev–Trinajstić information content (AvgIpc) is 3.25. The van der Waals surface area contributed by atoms with Gasteiger partial charge in [0.25, 0.3) is 0 Å². The maximum atomic E-state index is 12.4. The molecule has 1 aliphatic rings. The summed E-state index contributed by atoms with van der Waals surface area (Å²) in [5, 5.41) is 10.2. The van der Waals surface area contributed by atoms with Crippen LogP contribution in [-0.4, -0.2) is 45.6 Å². The Kier molecular flexibility index (Phi) is 5.33. The van der Waals surface area contributed by atoms with Gasteiger partial charge in [0, 0.05) is 37.4 Å². The first-order valence-corrected chi connectivity index (χ1v) is 8.61. The number of benzene rings is 1. The van der Waals surface area contributed by atoms with Crippen molar-refractivity contribution in [1.29, 1.82) is 0 Å². The van der Waals surface area contributed by atoms with E-state index in [0.29, 0.717) is 25.5 Å². The molecule has 1 saturated heterocycles. The molecule has 7 nitrogen and oxygen atoms in total. The van der Waals surface area contributed by atoms with Crippen LogP contribution in [0.4, 0.5) is 11.5 Å². The molecule has 25 heavy (non-hydrogen) atoms. The molecule has 1 aliphatic heterocycles. The Morgan fingerprint density at radius 3 is 2.80 bits per heavy atom. The SMILES string of the molecule is CCCn1nccc1NC(=O)C(=O)N1CCC(Nc2ccccc2)C1. The minimum Gasteiger partial charge on any atom is -0.380 e. The summed E-state index contributed by atoms with van der Waals surface area (Å²) in [6.07, 6.45) is 3.34. The zero-order valence-corrected chi connectivity index (χ0v) is 14.3. The number of rotatable bonds is 5. The highest BCUT2D eigenvalue weighted by Crippen LogP contribution is 2.16. The number of anilines is 2. The van der Waals surface area contributed by atoms with Gasteiger partial charge in [-0.05, 0) is 25.0 Å². The maximum Gasteiger partial charge on any atom is 0.315 e. The first-order valence-electron chi connectivity index (χ1n) is 8.61. The van der Waals surface area contributed by atoms with Gasteiger partial charge in [-0.1, -0.05) is 25.1 Å². The van der Waals surface area contributed by atoms with Gasteiger partial charge < -0.3 is 15.5 Å². The third kappa shape index (κ3) is 4.17. The Hall–Kier alpha value is -2.83. The van der Waals surface area contributed by atoms with Gasteiger partial charge in [-0.25, -0.2) is 4.68 Å². The summed E-state index contributed by atoms with van der Waals surface area (Å²) in [7, 11) is 0. The van der Waals surface area contributed by atoms with Crippen LogP contribution in [0.15, 0.2) is 42.6 Å². The van der Waals surface area contributed by atoms with Crippen molar-refractivity contribution in [2.24, 2.45) is 0 Å². The monoisotopic (exact) mass is 341 g/mol. The number of likely N-dealkylation sites (tertiary alicyclic amines) is 1. The van der Waals surface area contributed by atoms with Gasteiger partial charge in [-0.3, -0.25) is 9.59 Å². The fraction of sp³-hybridized carbons (Fsp3) is 0.389. The predicted molar refractivity (Wildman–Crippen MR) is 96.2 cm³/mol. The quantitative estimate of drug-likeness (QED) is 0.815. The van der Waals surface area contributed by atoms with Gasteiger partial charge in [-0.2, -0.15) is 5.10 Å². The van der Waals surface area contributed by atoms with E-state index >= 15 is 0 Å². The Bertz CT molecular complexity index is 728. The van der Waals surface area contributed by atoms with Crippen LogP contribution >= 0.6 is 0 Å². The van der Waals surface area contributed by atoms with Crippen LogP contribution < -0.4 is 10.6 Å². The topological polar surface area (TPSA) is 79.3 Å². The number of amides is 2. The Morgan fingerprint density at radius 2 is 2.04 bits per heavy atom. The molecule has 1 unspecified atom stereocenters. The van der Waals surface area contributed by atoms with Crippen molar-refractivity contribution < 1.29 is 9.59 Å². The van der Waals surface area contributed by atoms with E-state index < -0.39 is 11.8 Å². The minimum atomic E-state index is -0.613. The molecule has 1 fully saturated rings. The van der Waals surface area contributed by atoms with Gasteiger partial charge in [-0.15, -0.1) is 0 Å². The molecule has 3 rings (SSSR count). The lowest BCUT2D eigenvalue weighted by atomic mass is 10.2. The molecule has 0 saturated carbocycles. The van der Waals surface area contributed by atoms with Crippen molar-refractivity contribution in [2.75, 3.05) is 23.7 Å². The fourth-order valence-corrected chi connectivity index (χ4v) is 2.97. The normalized spacial score (nSPS) is 16.7. The molecular weight excluding hydrogens is 318 g/mol. The van der Waals surface area contributed by atoms with Crippen molar-refractivity contribution in [1.82, 2.24) is 14.7 Å². The van der Waals surface area contributed by atoms with Crippen molar-refractivity contribution >= 4 is 23.3 Å². The highest BCUT2D eigenvalue weighted by atomic mass is 16.2. The van der Waals surface area contributed by atoms with Gasteiger partial charge in [0.05, 0.1) is 6.20 Å². The van der Waals surface area contributed by atoms with Gasteiger partial charge in [0.15, 0.2) is 0 Å². The number of carbonyl (C=O) groups is 2. The molecule has 7 heteroatoms. The lowest BCUT2D eigenvalue weighted by Gasteiger charge is -2.17. The van der Waals surface area contributed by atoms with Crippen LogP contribution in [0.2, 0.25) is 0 Å². The molecule has 132 valence electrons. The Labute approximate surface area is 147 Å². The number of nitrogens with one attached hydrogen (secondary N) is 2. The summed E-state index contributed by atoms with van der Waals surface area (Å²) in [5.74, 6) is -0.557. The molecule has 0 radical (unpaired) electrons. The molecule has 0 spiro atoms. The number of carbonyl (C=O) groups excluding carboxylic acids is 2. The molecule has 2 N–H and O–H groups in total. The largest absolute Gasteiger partial charge is 0.380 e. The van der Waals surface area contributed by atoms with Crippen LogP contribution in [0.25, 0.3) is 0 Å². The van der Waals surface area contributed by atoms with Crippen LogP contribution in [0.5, 0.6) is 0 Å². The second-order valence-corrected chi connectivity index (χ2v) is 6.14. The molecule has 0 aliphatic carbocycles. The van der Waals surface area contributed by atoms with Crippen LogP contribution in [-0.2, 0) is 16.1 Å². The van der Waals surface area contributed by atoms with E-state index in [0.717, 1.165) is 18.5 Å². The van der Waals surface area contributed by atoms with Crippen molar-refractivity contribution in [2.45, 2.75) is 32.4 Å². The van der Waals surface area contributed by atoms with Crippen LogP contribution in [0.1, 0.15) is 19.8 Å². The maximum absolute atomic E-state index is 12.4. The van der Waals surface area contributed by atoms with E-state index in [1.54, 1.807) is 21.8 Å². The number of para-hydroxylation sites is 1. The van der Waals surface area contributed by atoms with Crippen LogP contribution in [0.3, 0.4) is 0 Å².